The molecule has 2 aromatic heterocycles. The van der Waals surface area contributed by atoms with Crippen LogP contribution in [0.25, 0.3) is 16.9 Å². The van der Waals surface area contributed by atoms with E-state index in [1.165, 1.54) is 17.7 Å². The Kier molecular flexibility index (Phi) is 6.64. The predicted molar refractivity (Wildman–Crippen MR) is 141 cm³/mol. The summed E-state index contributed by atoms with van der Waals surface area (Å²) < 4.78 is 15.4. The van der Waals surface area contributed by atoms with Gasteiger partial charge in [-0.1, -0.05) is 66.2 Å². The van der Waals surface area contributed by atoms with Gasteiger partial charge in [0.1, 0.15) is 13.2 Å². The highest BCUT2D eigenvalue weighted by Crippen LogP contribution is 2.29. The van der Waals surface area contributed by atoms with Crippen molar-refractivity contribution < 1.29 is 19.0 Å². The van der Waals surface area contributed by atoms with E-state index in [1.807, 2.05) is 66.1 Å². The number of aryl methyl sites for hydroxylation is 1. The van der Waals surface area contributed by atoms with E-state index in [4.69, 9.17) is 9.47 Å². The van der Waals surface area contributed by atoms with Gasteiger partial charge in [0, 0.05) is 11.6 Å². The molecule has 0 amide bonds. The van der Waals surface area contributed by atoms with Crippen molar-refractivity contribution in [1.82, 2.24) is 4.57 Å². The molecular weight excluding hydrogens is 464 g/mol. The van der Waals surface area contributed by atoms with Crippen LogP contribution in [0.1, 0.15) is 22.3 Å². The molecule has 5 aromatic rings. The fraction of sp³-hybridized carbons (Fsp3) is 0.161. The van der Waals surface area contributed by atoms with E-state index in [2.05, 4.69) is 19.1 Å². The zero-order valence-corrected chi connectivity index (χ0v) is 21.1. The van der Waals surface area contributed by atoms with Crippen molar-refractivity contribution in [2.45, 2.75) is 27.0 Å². The maximum atomic E-state index is 13.6. The van der Waals surface area contributed by atoms with Gasteiger partial charge in [0.25, 0.3) is 5.65 Å². The second-order valence-corrected chi connectivity index (χ2v) is 9.08. The molecule has 5 rings (SSSR count). The fourth-order valence-electron chi connectivity index (χ4n) is 4.51. The van der Waals surface area contributed by atoms with Crippen molar-refractivity contribution in [2.24, 2.45) is 0 Å². The SMILES string of the molecule is COc1cc(Cn2c(=O)c(C)c(-c3ccc([O-])cc3)[n+]3ccccc23)ccc1OCc1ccc(C)cc1. The number of hydrogen-bond donors (Lipinski definition) is 0. The lowest BCUT2D eigenvalue weighted by atomic mass is 10.1. The van der Waals surface area contributed by atoms with Crippen LogP contribution in [0.3, 0.4) is 0 Å². The van der Waals surface area contributed by atoms with Gasteiger partial charge in [-0.15, -0.1) is 5.75 Å². The largest absolute Gasteiger partial charge is 0.872 e. The van der Waals surface area contributed by atoms with Gasteiger partial charge in [-0.05, 0) is 43.2 Å². The molecule has 0 N–H and O–H groups in total. The first-order chi connectivity index (χ1) is 17.9. The first-order valence-electron chi connectivity index (χ1n) is 12.1. The van der Waals surface area contributed by atoms with Crippen LogP contribution in [-0.4, -0.2) is 11.7 Å². The number of rotatable bonds is 7. The van der Waals surface area contributed by atoms with Crippen LogP contribution in [-0.2, 0) is 13.2 Å². The fourth-order valence-corrected chi connectivity index (χ4v) is 4.51. The zero-order valence-electron chi connectivity index (χ0n) is 21.1. The Hall–Kier alpha value is -4.58. The average Bonchev–Trinajstić information content (AvgIpc) is 2.92. The Bertz CT molecular complexity index is 1620. The summed E-state index contributed by atoms with van der Waals surface area (Å²) in [5, 5.41) is 11.6. The number of hydrogen-bond acceptors (Lipinski definition) is 4. The van der Waals surface area contributed by atoms with Crippen LogP contribution in [0.4, 0.5) is 0 Å². The molecule has 0 radical (unpaired) electrons. The minimum atomic E-state index is -0.0916. The van der Waals surface area contributed by atoms with Crippen molar-refractivity contribution in [2.75, 3.05) is 7.11 Å². The van der Waals surface area contributed by atoms with Crippen molar-refractivity contribution >= 4 is 5.65 Å². The van der Waals surface area contributed by atoms with Crippen LogP contribution in [0, 0.1) is 13.8 Å². The predicted octanol–water partition coefficient (Wildman–Crippen LogP) is 4.58. The highest BCUT2D eigenvalue weighted by Gasteiger charge is 2.22. The molecule has 3 aromatic carbocycles. The van der Waals surface area contributed by atoms with Gasteiger partial charge in [0.05, 0.1) is 18.9 Å². The average molecular weight is 493 g/mol. The lowest BCUT2D eigenvalue weighted by molar-refractivity contribution is -0.504. The van der Waals surface area contributed by atoms with Crippen molar-refractivity contribution in [3.63, 3.8) is 0 Å². The number of fused-ring (bicyclic) bond motifs is 1. The van der Waals surface area contributed by atoms with Crippen LogP contribution in [0.5, 0.6) is 17.2 Å². The van der Waals surface area contributed by atoms with E-state index in [-0.39, 0.29) is 11.3 Å². The van der Waals surface area contributed by atoms with Gasteiger partial charge >= 0.3 is 5.56 Å². The Balaban J connectivity index is 1.49. The first-order valence-corrected chi connectivity index (χ1v) is 12.1. The number of benzene rings is 3. The number of pyridine rings is 1. The minimum absolute atomic E-state index is 0.0655. The Morgan fingerprint density at radius 3 is 2.32 bits per heavy atom. The maximum Gasteiger partial charge on any atom is 0.341 e. The number of aromatic nitrogens is 2. The summed E-state index contributed by atoms with van der Waals surface area (Å²) in [4.78, 5) is 13.6. The minimum Gasteiger partial charge on any atom is -0.872 e. The van der Waals surface area contributed by atoms with Crippen LogP contribution in [0.15, 0.2) is 95.9 Å². The molecular formula is C31H28N2O4. The summed E-state index contributed by atoms with van der Waals surface area (Å²) in [6.07, 6.45) is 1.93. The smallest absolute Gasteiger partial charge is 0.341 e. The summed E-state index contributed by atoms with van der Waals surface area (Å²) in [6, 6.07) is 26.3. The highest BCUT2D eigenvalue weighted by molar-refractivity contribution is 5.61. The molecule has 0 fully saturated rings. The quantitative estimate of drug-likeness (QED) is 0.312. The van der Waals surface area contributed by atoms with Gasteiger partial charge in [-0.25, -0.2) is 4.79 Å². The number of methoxy groups -OCH3 is 1. The third kappa shape index (κ3) is 4.91. The summed E-state index contributed by atoms with van der Waals surface area (Å²) >= 11 is 0. The lowest BCUT2D eigenvalue weighted by Gasteiger charge is -2.14. The third-order valence-electron chi connectivity index (χ3n) is 6.49. The summed E-state index contributed by atoms with van der Waals surface area (Å²) in [5.41, 5.74) is 6.04. The molecule has 6 heteroatoms. The molecule has 6 nitrogen and oxygen atoms in total. The molecule has 0 atom stereocenters. The molecule has 0 bridgehead atoms. The van der Waals surface area contributed by atoms with E-state index in [1.54, 1.807) is 23.8 Å². The molecule has 0 saturated carbocycles. The molecule has 186 valence electrons. The standard InChI is InChI=1S/C31H28N2O4/c1-21-7-9-23(10-8-21)20-37-27-16-11-24(18-28(27)36-3)19-33-29-6-4-5-17-32(29)30(22(2)31(33)35)25-12-14-26(34)15-13-25/h4-18H,19-20H2,1-3H3. The van der Waals surface area contributed by atoms with Crippen LogP contribution in [0.2, 0.25) is 0 Å². The van der Waals surface area contributed by atoms with Gasteiger partial charge < -0.3 is 14.6 Å². The second kappa shape index (κ2) is 10.2. The van der Waals surface area contributed by atoms with Gasteiger partial charge in [-0.3, -0.25) is 0 Å². The van der Waals surface area contributed by atoms with Crippen molar-refractivity contribution in [3.05, 3.63) is 124 Å². The van der Waals surface area contributed by atoms with Gasteiger partial charge in [-0.2, -0.15) is 8.97 Å². The van der Waals surface area contributed by atoms with Crippen LogP contribution < -0.4 is 24.5 Å². The van der Waals surface area contributed by atoms with Gasteiger partial charge in [0.2, 0.25) is 0 Å². The van der Waals surface area contributed by atoms with E-state index in [0.29, 0.717) is 30.2 Å². The highest BCUT2D eigenvalue weighted by atomic mass is 16.5. The molecule has 0 saturated heterocycles. The third-order valence-corrected chi connectivity index (χ3v) is 6.49. The first kappa shape index (κ1) is 24.1. The van der Waals surface area contributed by atoms with Crippen molar-refractivity contribution in [1.29, 1.82) is 0 Å². The second-order valence-electron chi connectivity index (χ2n) is 9.08. The Labute approximate surface area is 215 Å². The monoisotopic (exact) mass is 492 g/mol. The molecule has 0 aliphatic carbocycles. The van der Waals surface area contributed by atoms with E-state index < -0.39 is 0 Å². The molecule has 0 aliphatic rings. The molecule has 0 spiro atoms. The number of ether oxygens (including phenoxy) is 2. The summed E-state index contributed by atoms with van der Waals surface area (Å²) in [6.45, 7) is 4.67. The lowest BCUT2D eigenvalue weighted by Crippen LogP contribution is -2.38. The maximum absolute atomic E-state index is 13.6. The summed E-state index contributed by atoms with van der Waals surface area (Å²) in [5.74, 6) is 1.19. The van der Waals surface area contributed by atoms with E-state index >= 15 is 0 Å². The van der Waals surface area contributed by atoms with Crippen LogP contribution >= 0.6 is 0 Å². The van der Waals surface area contributed by atoms with Crippen molar-refractivity contribution in [3.8, 4) is 28.5 Å². The summed E-state index contributed by atoms with van der Waals surface area (Å²) in [7, 11) is 1.61. The Morgan fingerprint density at radius 2 is 1.59 bits per heavy atom. The topological polar surface area (TPSA) is 67.6 Å². The molecule has 37 heavy (non-hydrogen) atoms. The Morgan fingerprint density at radius 1 is 0.865 bits per heavy atom. The molecule has 0 aliphatic heterocycles. The normalized spacial score (nSPS) is 11.0. The molecule has 0 unspecified atom stereocenters. The van der Waals surface area contributed by atoms with E-state index in [0.717, 1.165) is 28.0 Å². The van der Waals surface area contributed by atoms with Gasteiger partial charge in [0.15, 0.2) is 17.2 Å². The van der Waals surface area contributed by atoms with E-state index in [9.17, 15) is 9.90 Å². The zero-order chi connectivity index (χ0) is 25.9. The number of nitrogens with zero attached hydrogens (tertiary/aromatic N) is 2. The molecule has 2 heterocycles.